The number of nitrogens with one attached hydrogen (secondary N) is 1. The molecule has 22 heavy (non-hydrogen) atoms. The van der Waals surface area contributed by atoms with Crippen molar-refractivity contribution < 1.29 is 14.2 Å². The molecule has 2 rings (SSSR count). The fourth-order valence-electron chi connectivity index (χ4n) is 1.87. The number of aliphatic hydroxyl groups excluding tert-OH is 1. The van der Waals surface area contributed by atoms with E-state index in [4.69, 9.17) is 4.74 Å². The van der Waals surface area contributed by atoms with Crippen molar-refractivity contribution in [2.45, 2.75) is 17.7 Å². The molecule has 0 aliphatic carbocycles. The molecule has 1 aromatic carbocycles. The number of nitrogens with zero attached hydrogens (tertiary/aromatic N) is 1. The van der Waals surface area contributed by atoms with E-state index < -0.39 is 23.3 Å². The lowest BCUT2D eigenvalue weighted by Crippen LogP contribution is -2.35. The van der Waals surface area contributed by atoms with E-state index in [-0.39, 0.29) is 6.61 Å². The van der Waals surface area contributed by atoms with Gasteiger partial charge in [-0.05, 0) is 11.6 Å². The lowest BCUT2D eigenvalue weighted by molar-refractivity contribution is 0.0593. The molecular weight excluding hydrogens is 311 g/mol. The van der Waals surface area contributed by atoms with Crippen molar-refractivity contribution in [2.75, 3.05) is 12.9 Å². The normalized spacial score (nSPS) is 12.3. The van der Waals surface area contributed by atoms with Gasteiger partial charge >= 0.3 is 5.69 Å². The van der Waals surface area contributed by atoms with Gasteiger partial charge in [-0.25, -0.2) is 4.79 Å². The average Bonchev–Trinajstić information content (AvgIpc) is 2.53. The highest BCUT2D eigenvalue weighted by Gasteiger charge is 2.15. The van der Waals surface area contributed by atoms with Gasteiger partial charge < -0.3 is 9.84 Å². The number of H-pyrrole nitrogens is 1. The Kier molecular flexibility index (Phi) is 5.53. The molecule has 8 heteroatoms. The van der Waals surface area contributed by atoms with Crippen molar-refractivity contribution in [3.63, 3.8) is 0 Å². The first-order valence-electron chi connectivity index (χ1n) is 6.42. The minimum atomic E-state index is -1.06. The highest BCUT2D eigenvalue weighted by Crippen LogP contribution is 2.26. The van der Waals surface area contributed by atoms with Crippen LogP contribution in [0.5, 0.6) is 0 Å². The van der Waals surface area contributed by atoms with E-state index in [0.29, 0.717) is 5.75 Å². The summed E-state index contributed by atoms with van der Waals surface area (Å²) in [6.07, 6.45) is 0.0731. The zero-order valence-corrected chi connectivity index (χ0v) is 12.6. The van der Waals surface area contributed by atoms with Crippen LogP contribution in [0.4, 0.5) is 4.39 Å². The summed E-state index contributed by atoms with van der Waals surface area (Å²) in [6.45, 7) is -0.103. The number of aliphatic hydroxyl groups is 1. The standard InChI is InChI=1S/C14H15FN2O4S/c1-21-12(17-6-10(15)13(19)16-14(17)20)8-22-11-5-3-2-4-9(11)7-18/h2-6,12,18H,7-8H2,1H3,(H,16,19,20). The van der Waals surface area contributed by atoms with Crippen molar-refractivity contribution in [2.24, 2.45) is 0 Å². The first-order chi connectivity index (χ1) is 10.6. The minimum Gasteiger partial charge on any atom is -0.392 e. The molecule has 0 saturated carbocycles. The van der Waals surface area contributed by atoms with Crippen molar-refractivity contribution in [1.82, 2.24) is 9.55 Å². The van der Waals surface area contributed by atoms with Gasteiger partial charge in [0.05, 0.1) is 12.8 Å². The van der Waals surface area contributed by atoms with Crippen LogP contribution in [-0.2, 0) is 11.3 Å². The molecule has 2 aromatic rings. The number of aromatic amines is 1. The van der Waals surface area contributed by atoms with Crippen molar-refractivity contribution >= 4 is 11.8 Å². The van der Waals surface area contributed by atoms with Crippen LogP contribution in [0.2, 0.25) is 0 Å². The summed E-state index contributed by atoms with van der Waals surface area (Å²) in [4.78, 5) is 25.5. The van der Waals surface area contributed by atoms with Crippen LogP contribution in [0.25, 0.3) is 0 Å². The minimum absolute atomic E-state index is 0.103. The summed E-state index contributed by atoms with van der Waals surface area (Å²) < 4.78 is 19.5. The molecule has 0 amide bonds. The van der Waals surface area contributed by atoms with E-state index >= 15 is 0 Å². The Bertz CT molecular complexity index is 759. The van der Waals surface area contributed by atoms with E-state index in [1.54, 1.807) is 6.07 Å². The topological polar surface area (TPSA) is 84.3 Å². The van der Waals surface area contributed by atoms with Gasteiger partial charge in [0.15, 0.2) is 0 Å². The Labute approximate surface area is 129 Å². The zero-order valence-electron chi connectivity index (χ0n) is 11.8. The van der Waals surface area contributed by atoms with Gasteiger partial charge in [-0.2, -0.15) is 4.39 Å². The highest BCUT2D eigenvalue weighted by molar-refractivity contribution is 7.99. The van der Waals surface area contributed by atoms with E-state index in [9.17, 15) is 19.1 Å². The van der Waals surface area contributed by atoms with Gasteiger partial charge in [0.25, 0.3) is 5.56 Å². The maximum atomic E-state index is 13.3. The largest absolute Gasteiger partial charge is 0.392 e. The molecule has 0 radical (unpaired) electrons. The Morgan fingerprint density at radius 1 is 1.41 bits per heavy atom. The van der Waals surface area contributed by atoms with Gasteiger partial charge in [0.2, 0.25) is 5.82 Å². The number of hydrogen-bond acceptors (Lipinski definition) is 5. The van der Waals surface area contributed by atoms with Crippen molar-refractivity contribution in [3.05, 3.63) is 62.7 Å². The molecule has 0 bridgehead atoms. The van der Waals surface area contributed by atoms with Gasteiger partial charge in [0.1, 0.15) is 6.23 Å². The monoisotopic (exact) mass is 326 g/mol. The maximum absolute atomic E-state index is 13.3. The molecule has 118 valence electrons. The third-order valence-corrected chi connectivity index (χ3v) is 4.19. The number of hydrogen-bond donors (Lipinski definition) is 2. The predicted molar refractivity (Wildman–Crippen MR) is 80.4 cm³/mol. The molecule has 0 aliphatic heterocycles. The van der Waals surface area contributed by atoms with E-state index in [0.717, 1.165) is 21.2 Å². The number of thioether (sulfide) groups is 1. The summed E-state index contributed by atoms with van der Waals surface area (Å²) in [7, 11) is 1.39. The Balaban J connectivity index is 2.21. The molecule has 1 unspecified atom stereocenters. The number of ether oxygens (including phenoxy) is 1. The number of benzene rings is 1. The smallest absolute Gasteiger partial charge is 0.330 e. The molecule has 0 saturated heterocycles. The van der Waals surface area contributed by atoms with Gasteiger partial charge in [-0.15, -0.1) is 11.8 Å². The molecule has 1 heterocycles. The lowest BCUT2D eigenvalue weighted by atomic mass is 10.2. The molecular formula is C14H15FN2O4S. The molecule has 2 N–H and O–H groups in total. The lowest BCUT2D eigenvalue weighted by Gasteiger charge is -2.18. The van der Waals surface area contributed by atoms with Crippen LogP contribution < -0.4 is 11.2 Å². The van der Waals surface area contributed by atoms with Crippen LogP contribution >= 0.6 is 11.8 Å². The predicted octanol–water partition coefficient (Wildman–Crippen LogP) is 1.11. The summed E-state index contributed by atoms with van der Waals surface area (Å²) in [5, 5.41) is 9.28. The fraction of sp³-hybridized carbons (Fsp3) is 0.286. The molecule has 1 atom stereocenters. The zero-order chi connectivity index (χ0) is 16.1. The van der Waals surface area contributed by atoms with E-state index in [2.05, 4.69) is 0 Å². The number of methoxy groups -OCH3 is 1. The Morgan fingerprint density at radius 2 is 2.14 bits per heavy atom. The van der Waals surface area contributed by atoms with E-state index in [1.807, 2.05) is 23.2 Å². The van der Waals surface area contributed by atoms with Crippen LogP contribution in [0, 0.1) is 5.82 Å². The summed E-state index contributed by atoms with van der Waals surface area (Å²) in [6, 6.07) is 7.26. The fourth-order valence-corrected chi connectivity index (χ4v) is 2.98. The summed E-state index contributed by atoms with van der Waals surface area (Å²) >= 11 is 1.36. The second-order valence-corrected chi connectivity index (χ2v) is 5.47. The first kappa shape index (κ1) is 16.5. The van der Waals surface area contributed by atoms with Gasteiger partial charge in [-0.3, -0.25) is 14.3 Å². The third-order valence-electron chi connectivity index (χ3n) is 3.03. The van der Waals surface area contributed by atoms with Gasteiger partial charge in [0, 0.05) is 17.8 Å². The maximum Gasteiger partial charge on any atom is 0.330 e. The molecule has 0 spiro atoms. The van der Waals surface area contributed by atoms with Crippen LogP contribution in [0.3, 0.4) is 0 Å². The molecule has 1 aromatic heterocycles. The van der Waals surface area contributed by atoms with Gasteiger partial charge in [-0.1, -0.05) is 18.2 Å². The van der Waals surface area contributed by atoms with Crippen molar-refractivity contribution in [3.8, 4) is 0 Å². The SMILES string of the molecule is COC(CSc1ccccc1CO)n1cc(F)c(=O)[nH]c1=O. The third kappa shape index (κ3) is 3.65. The van der Waals surface area contributed by atoms with Crippen LogP contribution in [0.15, 0.2) is 44.9 Å². The molecule has 0 aliphatic rings. The Hall–Kier alpha value is -1.90. The average molecular weight is 326 g/mol. The van der Waals surface area contributed by atoms with Crippen molar-refractivity contribution in [1.29, 1.82) is 0 Å². The van der Waals surface area contributed by atoms with Crippen LogP contribution in [0.1, 0.15) is 11.8 Å². The summed E-state index contributed by atoms with van der Waals surface area (Å²) in [5.41, 5.74) is -1.05. The first-order valence-corrected chi connectivity index (χ1v) is 7.40. The summed E-state index contributed by atoms with van der Waals surface area (Å²) in [5.74, 6) is -0.749. The second-order valence-electron chi connectivity index (χ2n) is 4.41. The Morgan fingerprint density at radius 3 is 2.82 bits per heavy atom. The molecule has 6 nitrogen and oxygen atoms in total. The molecule has 0 fully saturated rings. The number of aromatic nitrogens is 2. The number of rotatable bonds is 6. The quantitative estimate of drug-likeness (QED) is 0.777. The van der Waals surface area contributed by atoms with E-state index in [1.165, 1.54) is 18.9 Å². The second kappa shape index (κ2) is 7.39. The highest BCUT2D eigenvalue weighted by atomic mass is 32.2. The number of halogens is 1. The van der Waals surface area contributed by atoms with Crippen LogP contribution in [-0.4, -0.2) is 27.5 Å².